The quantitative estimate of drug-likeness (QED) is 0.821. The highest BCUT2D eigenvalue weighted by Crippen LogP contribution is 2.18. The molecule has 2 aromatic rings. The molecule has 0 fully saturated rings. The number of aryl methyl sites for hydroxylation is 2. The van der Waals surface area contributed by atoms with Crippen molar-refractivity contribution in [2.45, 2.75) is 13.8 Å². The maximum absolute atomic E-state index is 12.3. The number of hydrogen-bond donors (Lipinski definition) is 1. The fourth-order valence-corrected chi connectivity index (χ4v) is 2.58. The zero-order valence-corrected chi connectivity index (χ0v) is 12.0. The fourth-order valence-electron chi connectivity index (χ4n) is 1.65. The number of nitrogens with one attached hydrogen (secondary N) is 1. The van der Waals surface area contributed by atoms with Crippen LogP contribution in [-0.4, -0.2) is 34.9 Å². The van der Waals surface area contributed by atoms with Crippen LogP contribution in [0, 0.1) is 13.8 Å². The van der Waals surface area contributed by atoms with Crippen LogP contribution in [0.3, 0.4) is 0 Å². The lowest BCUT2D eigenvalue weighted by Gasteiger charge is -2.04. The first-order valence-electron chi connectivity index (χ1n) is 5.78. The van der Waals surface area contributed by atoms with Crippen LogP contribution < -0.4 is 10.9 Å². The summed E-state index contributed by atoms with van der Waals surface area (Å²) in [6.07, 6.45) is 1.22. The average molecular weight is 295 g/mol. The maximum Gasteiger partial charge on any atom is 0.325 e. The molecule has 1 N–H and O–H groups in total. The second kappa shape index (κ2) is 5.41. The Morgan fingerprint density at radius 2 is 2.15 bits per heavy atom. The van der Waals surface area contributed by atoms with Crippen molar-refractivity contribution < 1.29 is 14.3 Å². The highest BCUT2D eigenvalue weighted by Gasteiger charge is 2.17. The molecule has 0 saturated carbocycles. The molecule has 7 nitrogen and oxygen atoms in total. The van der Waals surface area contributed by atoms with Gasteiger partial charge in [0.2, 0.25) is 0 Å². The lowest BCUT2D eigenvalue weighted by molar-refractivity contribution is -0.139. The fraction of sp³-hybridized carbons (Fsp3) is 0.333. The van der Waals surface area contributed by atoms with Crippen LogP contribution in [-0.2, 0) is 9.53 Å². The molecule has 0 saturated heterocycles. The van der Waals surface area contributed by atoms with E-state index in [-0.39, 0.29) is 12.1 Å². The van der Waals surface area contributed by atoms with E-state index in [4.69, 9.17) is 0 Å². The van der Waals surface area contributed by atoms with Gasteiger partial charge in [-0.25, -0.2) is 4.98 Å². The molecule has 0 aliphatic rings. The molecular formula is C12H13N3O4S. The molecule has 0 aromatic carbocycles. The molecule has 0 unspecified atom stereocenters. The maximum atomic E-state index is 12.3. The van der Waals surface area contributed by atoms with E-state index < -0.39 is 17.4 Å². The number of aromatic nitrogens is 2. The predicted octanol–water partition coefficient (Wildman–Crippen LogP) is 0.276. The standard InChI is InChI=1S/C12H13N3O4S/c1-6-7(2)20-12-14-4-8(11(18)15(6)12)10(17)13-5-9(16)19-3/h4H,5H2,1-3H3,(H,13,17). The Labute approximate surface area is 118 Å². The zero-order valence-electron chi connectivity index (χ0n) is 11.2. The Kier molecular flexibility index (Phi) is 3.84. The first kappa shape index (κ1) is 14.2. The number of carbonyl (C=O) groups is 2. The van der Waals surface area contributed by atoms with E-state index in [9.17, 15) is 14.4 Å². The van der Waals surface area contributed by atoms with Crippen LogP contribution in [0.1, 0.15) is 20.9 Å². The molecule has 0 spiro atoms. The zero-order chi connectivity index (χ0) is 14.9. The van der Waals surface area contributed by atoms with E-state index in [1.807, 2.05) is 6.92 Å². The van der Waals surface area contributed by atoms with E-state index in [0.717, 1.165) is 10.6 Å². The van der Waals surface area contributed by atoms with Gasteiger partial charge in [-0.1, -0.05) is 0 Å². The SMILES string of the molecule is COC(=O)CNC(=O)c1cnc2sc(C)c(C)n2c1=O. The number of thiazole rings is 1. The van der Waals surface area contributed by atoms with Crippen molar-refractivity contribution in [2.75, 3.05) is 13.7 Å². The Morgan fingerprint density at radius 3 is 2.80 bits per heavy atom. The van der Waals surface area contributed by atoms with Crippen molar-refractivity contribution in [1.29, 1.82) is 0 Å². The Balaban J connectivity index is 2.38. The minimum atomic E-state index is -0.648. The molecule has 8 heteroatoms. The van der Waals surface area contributed by atoms with Gasteiger partial charge >= 0.3 is 5.97 Å². The molecule has 0 bridgehead atoms. The monoisotopic (exact) mass is 295 g/mol. The Hall–Kier alpha value is -2.22. The number of rotatable bonds is 3. The van der Waals surface area contributed by atoms with E-state index in [0.29, 0.717) is 4.96 Å². The van der Waals surface area contributed by atoms with Gasteiger partial charge in [-0.3, -0.25) is 18.8 Å². The number of hydrogen-bond acceptors (Lipinski definition) is 6. The third-order valence-corrected chi connectivity index (χ3v) is 3.96. The van der Waals surface area contributed by atoms with Gasteiger partial charge in [0.15, 0.2) is 4.96 Å². The van der Waals surface area contributed by atoms with Crippen molar-refractivity contribution in [3.05, 3.63) is 32.7 Å². The summed E-state index contributed by atoms with van der Waals surface area (Å²) in [7, 11) is 1.22. The number of nitrogens with zero attached hydrogens (tertiary/aromatic N) is 2. The van der Waals surface area contributed by atoms with Crippen molar-refractivity contribution in [1.82, 2.24) is 14.7 Å². The number of carbonyl (C=O) groups excluding carboxylic acids is 2. The van der Waals surface area contributed by atoms with Crippen molar-refractivity contribution in [3.8, 4) is 0 Å². The van der Waals surface area contributed by atoms with Gasteiger partial charge in [0.1, 0.15) is 12.1 Å². The molecule has 2 heterocycles. The third kappa shape index (κ3) is 2.42. The summed E-state index contributed by atoms with van der Waals surface area (Å²) in [6, 6.07) is 0. The van der Waals surface area contributed by atoms with Gasteiger partial charge in [-0.2, -0.15) is 0 Å². The third-order valence-electron chi connectivity index (χ3n) is 2.88. The highest BCUT2D eigenvalue weighted by molar-refractivity contribution is 7.17. The molecule has 1 amide bonds. The predicted molar refractivity (Wildman–Crippen MR) is 73.2 cm³/mol. The minimum Gasteiger partial charge on any atom is -0.468 e. The molecule has 2 rings (SSSR count). The number of amides is 1. The lowest BCUT2D eigenvalue weighted by Crippen LogP contribution is -2.35. The number of esters is 1. The normalized spacial score (nSPS) is 10.6. The van der Waals surface area contributed by atoms with Gasteiger partial charge in [-0.15, -0.1) is 11.3 Å². The molecule has 20 heavy (non-hydrogen) atoms. The van der Waals surface area contributed by atoms with Gasteiger partial charge in [0.25, 0.3) is 11.5 Å². The average Bonchev–Trinajstić information content (AvgIpc) is 2.72. The smallest absolute Gasteiger partial charge is 0.325 e. The van der Waals surface area contributed by atoms with Crippen LogP contribution in [0.5, 0.6) is 0 Å². The summed E-state index contributed by atoms with van der Waals surface area (Å²) in [5, 5.41) is 2.32. The topological polar surface area (TPSA) is 89.8 Å². The molecule has 0 aliphatic carbocycles. The number of fused-ring (bicyclic) bond motifs is 1. The summed E-state index contributed by atoms with van der Waals surface area (Å²) in [5.74, 6) is -1.24. The largest absolute Gasteiger partial charge is 0.468 e. The van der Waals surface area contributed by atoms with E-state index in [1.54, 1.807) is 6.92 Å². The summed E-state index contributed by atoms with van der Waals surface area (Å²) < 4.78 is 5.80. The molecule has 106 valence electrons. The molecule has 2 aromatic heterocycles. The highest BCUT2D eigenvalue weighted by atomic mass is 32.1. The van der Waals surface area contributed by atoms with E-state index in [2.05, 4.69) is 15.0 Å². The molecule has 0 atom stereocenters. The van der Waals surface area contributed by atoms with Gasteiger partial charge in [0, 0.05) is 16.8 Å². The van der Waals surface area contributed by atoms with Crippen LogP contribution in [0.25, 0.3) is 4.96 Å². The molecular weight excluding hydrogens is 282 g/mol. The number of methoxy groups -OCH3 is 1. The lowest BCUT2D eigenvalue weighted by atomic mass is 10.3. The van der Waals surface area contributed by atoms with Crippen molar-refractivity contribution in [3.63, 3.8) is 0 Å². The van der Waals surface area contributed by atoms with Crippen LogP contribution in [0.2, 0.25) is 0 Å². The second-order valence-electron chi connectivity index (χ2n) is 4.10. The molecule has 0 aliphatic heterocycles. The van der Waals surface area contributed by atoms with Crippen LogP contribution in [0.4, 0.5) is 0 Å². The Morgan fingerprint density at radius 1 is 1.45 bits per heavy atom. The van der Waals surface area contributed by atoms with Crippen LogP contribution in [0.15, 0.2) is 11.0 Å². The van der Waals surface area contributed by atoms with E-state index >= 15 is 0 Å². The van der Waals surface area contributed by atoms with Gasteiger partial charge in [0.05, 0.1) is 7.11 Å². The molecule has 0 radical (unpaired) electrons. The summed E-state index contributed by atoms with van der Waals surface area (Å²) in [5.41, 5.74) is 0.205. The Bertz CT molecular complexity index is 747. The van der Waals surface area contributed by atoms with Crippen molar-refractivity contribution >= 4 is 28.2 Å². The van der Waals surface area contributed by atoms with Gasteiger partial charge in [-0.05, 0) is 13.8 Å². The second-order valence-corrected chi connectivity index (χ2v) is 5.28. The first-order valence-corrected chi connectivity index (χ1v) is 6.60. The van der Waals surface area contributed by atoms with E-state index in [1.165, 1.54) is 29.0 Å². The number of ether oxygens (including phenoxy) is 1. The summed E-state index contributed by atoms with van der Waals surface area (Å²) >= 11 is 1.38. The summed E-state index contributed by atoms with van der Waals surface area (Å²) in [4.78, 5) is 40.7. The minimum absolute atomic E-state index is 0.104. The van der Waals surface area contributed by atoms with Crippen LogP contribution >= 0.6 is 11.3 Å². The van der Waals surface area contributed by atoms with Gasteiger partial charge < -0.3 is 10.1 Å². The van der Waals surface area contributed by atoms with Crippen molar-refractivity contribution in [2.24, 2.45) is 0 Å². The first-order chi connectivity index (χ1) is 9.45. The summed E-state index contributed by atoms with van der Waals surface area (Å²) in [6.45, 7) is 3.38.